The Bertz CT molecular complexity index is 402. The molecular weight excluding hydrogens is 223 g/mol. The van der Waals surface area contributed by atoms with Crippen LogP contribution in [0.1, 0.15) is 26.3 Å². The molecule has 1 aromatic carbocycles. The van der Waals surface area contributed by atoms with E-state index in [0.717, 1.165) is 5.56 Å². The van der Waals surface area contributed by atoms with E-state index < -0.39 is 17.7 Å². The summed E-state index contributed by atoms with van der Waals surface area (Å²) < 4.78 is 18.7. The smallest absolute Gasteiger partial charge is 0.306 e. The lowest BCUT2D eigenvalue weighted by Gasteiger charge is -2.13. The molecule has 0 fully saturated rings. The van der Waals surface area contributed by atoms with Gasteiger partial charge < -0.3 is 9.84 Å². The van der Waals surface area contributed by atoms with Gasteiger partial charge in [0.1, 0.15) is 0 Å². The first-order valence-electron chi connectivity index (χ1n) is 5.58. The molecular formula is C13H17FO3. The Hall–Kier alpha value is -1.58. The lowest BCUT2D eigenvalue weighted by molar-refractivity contribution is -0.141. The minimum absolute atomic E-state index is 0.114. The summed E-state index contributed by atoms with van der Waals surface area (Å²) in [7, 11) is 0. The summed E-state index contributed by atoms with van der Waals surface area (Å²) in [6.45, 7) is 5.24. The number of rotatable bonds is 5. The van der Waals surface area contributed by atoms with E-state index in [-0.39, 0.29) is 11.9 Å². The number of carboxylic acids is 1. The predicted octanol–water partition coefficient (Wildman–Crippen LogP) is 2.88. The molecule has 0 bridgehead atoms. The van der Waals surface area contributed by atoms with Crippen LogP contribution >= 0.6 is 0 Å². The number of hydrogen-bond donors (Lipinski definition) is 1. The minimum atomic E-state index is -0.861. The second-order valence-electron chi connectivity index (χ2n) is 4.37. The predicted molar refractivity (Wildman–Crippen MR) is 62.7 cm³/mol. The fraction of sp³-hybridized carbons (Fsp3) is 0.462. The van der Waals surface area contributed by atoms with Crippen LogP contribution in [0, 0.1) is 11.7 Å². The maximum Gasteiger partial charge on any atom is 0.306 e. The standard InChI is InChI=1S/C13H17FO3/c1-8(2)17-12-7-10(4-5-11(12)14)6-9(3)13(15)16/h4-5,7-9H,6H2,1-3H3,(H,15,16). The molecule has 0 aliphatic carbocycles. The van der Waals surface area contributed by atoms with Crippen LogP contribution in [0.4, 0.5) is 4.39 Å². The van der Waals surface area contributed by atoms with Crippen molar-refractivity contribution < 1.29 is 19.0 Å². The van der Waals surface area contributed by atoms with Gasteiger partial charge in [-0.25, -0.2) is 4.39 Å². The van der Waals surface area contributed by atoms with E-state index in [1.807, 2.05) is 13.8 Å². The van der Waals surface area contributed by atoms with E-state index in [4.69, 9.17) is 9.84 Å². The minimum Gasteiger partial charge on any atom is -0.488 e. The van der Waals surface area contributed by atoms with Crippen LogP contribution in [-0.2, 0) is 11.2 Å². The van der Waals surface area contributed by atoms with Crippen LogP contribution in [-0.4, -0.2) is 17.2 Å². The van der Waals surface area contributed by atoms with E-state index in [9.17, 15) is 9.18 Å². The number of benzene rings is 1. The zero-order valence-corrected chi connectivity index (χ0v) is 10.2. The molecule has 94 valence electrons. The lowest BCUT2D eigenvalue weighted by atomic mass is 10.0. The molecule has 0 heterocycles. The molecule has 1 N–H and O–H groups in total. The van der Waals surface area contributed by atoms with E-state index in [1.165, 1.54) is 6.07 Å². The molecule has 3 nitrogen and oxygen atoms in total. The van der Waals surface area contributed by atoms with Crippen molar-refractivity contribution in [2.45, 2.75) is 33.3 Å². The monoisotopic (exact) mass is 240 g/mol. The maximum absolute atomic E-state index is 13.4. The Balaban J connectivity index is 2.84. The molecule has 0 radical (unpaired) electrons. The lowest BCUT2D eigenvalue weighted by Crippen LogP contribution is -2.13. The number of carbonyl (C=O) groups is 1. The van der Waals surface area contributed by atoms with Gasteiger partial charge >= 0.3 is 5.97 Å². The van der Waals surface area contributed by atoms with Crippen LogP contribution in [0.2, 0.25) is 0 Å². The van der Waals surface area contributed by atoms with Crippen LogP contribution in [0.5, 0.6) is 5.75 Å². The summed E-state index contributed by atoms with van der Waals surface area (Å²) in [6.07, 6.45) is 0.251. The van der Waals surface area contributed by atoms with Crippen LogP contribution in [0.3, 0.4) is 0 Å². The van der Waals surface area contributed by atoms with E-state index in [2.05, 4.69) is 0 Å². The van der Waals surface area contributed by atoms with E-state index >= 15 is 0 Å². The molecule has 0 aliphatic rings. The average Bonchev–Trinajstić information content (AvgIpc) is 2.22. The highest BCUT2D eigenvalue weighted by Crippen LogP contribution is 2.21. The van der Waals surface area contributed by atoms with Crippen molar-refractivity contribution in [3.8, 4) is 5.75 Å². The normalized spacial score (nSPS) is 12.5. The first kappa shape index (κ1) is 13.5. The summed E-state index contributed by atoms with van der Waals surface area (Å²) in [5, 5.41) is 8.81. The van der Waals surface area contributed by atoms with Gasteiger partial charge in [0.2, 0.25) is 0 Å². The molecule has 1 unspecified atom stereocenters. The summed E-state index contributed by atoms with van der Waals surface area (Å²) in [5.74, 6) is -1.60. The topological polar surface area (TPSA) is 46.5 Å². The molecule has 0 saturated heterocycles. The van der Waals surface area contributed by atoms with Crippen LogP contribution < -0.4 is 4.74 Å². The summed E-state index contributed by atoms with van der Waals surface area (Å²) >= 11 is 0. The van der Waals surface area contributed by atoms with Crippen LogP contribution in [0.25, 0.3) is 0 Å². The number of ether oxygens (including phenoxy) is 1. The van der Waals surface area contributed by atoms with Gasteiger partial charge in [-0.1, -0.05) is 13.0 Å². The molecule has 4 heteroatoms. The summed E-state index contributed by atoms with van der Waals surface area (Å²) in [4.78, 5) is 10.7. The second kappa shape index (κ2) is 5.66. The Morgan fingerprint density at radius 3 is 2.59 bits per heavy atom. The van der Waals surface area contributed by atoms with Crippen molar-refractivity contribution in [1.82, 2.24) is 0 Å². The molecule has 0 amide bonds. The first-order valence-corrected chi connectivity index (χ1v) is 5.58. The Kier molecular flexibility index (Phi) is 4.49. The van der Waals surface area contributed by atoms with E-state index in [1.54, 1.807) is 19.1 Å². The molecule has 17 heavy (non-hydrogen) atoms. The third kappa shape index (κ3) is 4.06. The zero-order valence-electron chi connectivity index (χ0n) is 10.2. The summed E-state index contributed by atoms with van der Waals surface area (Å²) in [6, 6.07) is 4.46. The first-order chi connectivity index (χ1) is 7.90. The van der Waals surface area contributed by atoms with Gasteiger partial charge in [0.25, 0.3) is 0 Å². The van der Waals surface area contributed by atoms with Crippen molar-refractivity contribution in [3.05, 3.63) is 29.6 Å². The number of halogens is 1. The number of aliphatic carboxylic acids is 1. The average molecular weight is 240 g/mol. The highest BCUT2D eigenvalue weighted by Gasteiger charge is 2.13. The third-order valence-corrected chi connectivity index (χ3v) is 2.32. The Morgan fingerprint density at radius 2 is 2.06 bits per heavy atom. The molecule has 1 aromatic rings. The van der Waals surface area contributed by atoms with Crippen molar-refractivity contribution in [2.24, 2.45) is 5.92 Å². The Labute approximate surface area is 100 Å². The van der Waals surface area contributed by atoms with E-state index in [0.29, 0.717) is 6.42 Å². The number of hydrogen-bond acceptors (Lipinski definition) is 2. The summed E-state index contributed by atoms with van der Waals surface area (Å²) in [5.41, 5.74) is 0.761. The van der Waals surface area contributed by atoms with Gasteiger partial charge in [-0.05, 0) is 38.0 Å². The van der Waals surface area contributed by atoms with Gasteiger partial charge in [-0.15, -0.1) is 0 Å². The Morgan fingerprint density at radius 1 is 1.41 bits per heavy atom. The van der Waals surface area contributed by atoms with Crippen molar-refractivity contribution >= 4 is 5.97 Å². The van der Waals surface area contributed by atoms with Gasteiger partial charge in [0, 0.05) is 0 Å². The highest BCUT2D eigenvalue weighted by molar-refractivity contribution is 5.69. The molecule has 1 rings (SSSR count). The molecule has 0 aromatic heterocycles. The highest BCUT2D eigenvalue weighted by atomic mass is 19.1. The fourth-order valence-electron chi connectivity index (χ4n) is 1.46. The van der Waals surface area contributed by atoms with Gasteiger partial charge in [-0.3, -0.25) is 4.79 Å². The second-order valence-corrected chi connectivity index (χ2v) is 4.37. The molecule has 0 aliphatic heterocycles. The van der Waals surface area contributed by atoms with Crippen molar-refractivity contribution in [2.75, 3.05) is 0 Å². The molecule has 0 saturated carbocycles. The van der Waals surface area contributed by atoms with Gasteiger partial charge in [0.15, 0.2) is 11.6 Å². The van der Waals surface area contributed by atoms with Gasteiger partial charge in [-0.2, -0.15) is 0 Å². The quantitative estimate of drug-likeness (QED) is 0.860. The van der Waals surface area contributed by atoms with Crippen LogP contribution in [0.15, 0.2) is 18.2 Å². The fourth-order valence-corrected chi connectivity index (χ4v) is 1.46. The third-order valence-electron chi connectivity index (χ3n) is 2.32. The number of carboxylic acid groups (broad SMARTS) is 1. The molecule has 0 spiro atoms. The van der Waals surface area contributed by atoms with Crippen molar-refractivity contribution in [3.63, 3.8) is 0 Å². The van der Waals surface area contributed by atoms with Gasteiger partial charge in [0.05, 0.1) is 12.0 Å². The molecule has 1 atom stereocenters. The maximum atomic E-state index is 13.4. The SMILES string of the molecule is CC(C)Oc1cc(CC(C)C(=O)O)ccc1F. The zero-order chi connectivity index (χ0) is 13.0. The largest absolute Gasteiger partial charge is 0.488 e. The van der Waals surface area contributed by atoms with Crippen molar-refractivity contribution in [1.29, 1.82) is 0 Å².